The van der Waals surface area contributed by atoms with Gasteiger partial charge in [0.05, 0.1) is 17.7 Å². The van der Waals surface area contributed by atoms with Gasteiger partial charge in [0.25, 0.3) is 5.56 Å². The van der Waals surface area contributed by atoms with Crippen LogP contribution in [0.15, 0.2) is 4.79 Å². The van der Waals surface area contributed by atoms with Crippen molar-refractivity contribution < 1.29 is 9.59 Å². The van der Waals surface area contributed by atoms with E-state index in [2.05, 4.69) is 15.2 Å². The zero-order chi connectivity index (χ0) is 23.2. The van der Waals surface area contributed by atoms with Gasteiger partial charge in [-0.1, -0.05) is 6.92 Å². The highest BCUT2D eigenvalue weighted by atomic mass is 32.2. The predicted octanol–water partition coefficient (Wildman–Crippen LogP) is 2.16. The highest BCUT2D eigenvalue weighted by Gasteiger charge is 2.22. The second-order valence-corrected chi connectivity index (χ2v) is 10.9. The summed E-state index contributed by atoms with van der Waals surface area (Å²) in [4.78, 5) is 50.9. The van der Waals surface area contributed by atoms with Crippen molar-refractivity contribution in [3.05, 3.63) is 26.6 Å². The van der Waals surface area contributed by atoms with E-state index in [1.807, 2.05) is 11.8 Å². The number of hydrogen-bond acceptors (Lipinski definition) is 7. The summed E-state index contributed by atoms with van der Waals surface area (Å²) in [5.41, 5.74) is 1.19. The second kappa shape index (κ2) is 11.5. The molecular formula is C23H33N5O3S2. The molecule has 1 saturated heterocycles. The minimum absolute atomic E-state index is 0.0210. The van der Waals surface area contributed by atoms with E-state index in [1.54, 1.807) is 23.1 Å². The van der Waals surface area contributed by atoms with E-state index in [0.29, 0.717) is 49.9 Å². The molecule has 1 aliphatic heterocycles. The summed E-state index contributed by atoms with van der Waals surface area (Å²) >= 11 is 3.30. The molecule has 8 nitrogen and oxygen atoms in total. The van der Waals surface area contributed by atoms with Gasteiger partial charge in [-0.3, -0.25) is 19.3 Å². The van der Waals surface area contributed by atoms with E-state index in [-0.39, 0.29) is 17.4 Å². The summed E-state index contributed by atoms with van der Waals surface area (Å²) < 4.78 is 0. The molecule has 0 aromatic carbocycles. The van der Waals surface area contributed by atoms with Crippen LogP contribution >= 0.6 is 23.1 Å². The van der Waals surface area contributed by atoms with Gasteiger partial charge < -0.3 is 15.2 Å². The maximum Gasteiger partial charge on any atom is 0.259 e. The molecule has 1 aliphatic carbocycles. The number of thioether (sulfide) groups is 1. The minimum atomic E-state index is -0.0210. The highest BCUT2D eigenvalue weighted by Crippen LogP contribution is 2.33. The highest BCUT2D eigenvalue weighted by molar-refractivity contribution is 7.98. The fraction of sp³-hybridized carbons (Fsp3) is 0.652. The van der Waals surface area contributed by atoms with Crippen LogP contribution in [-0.2, 0) is 28.2 Å². The number of hydrogen-bond donors (Lipinski definition) is 2. The number of nitrogens with one attached hydrogen (secondary N) is 2. The summed E-state index contributed by atoms with van der Waals surface area (Å²) in [7, 11) is 0. The Bertz CT molecular complexity index is 1040. The Morgan fingerprint density at radius 3 is 2.76 bits per heavy atom. The lowest BCUT2D eigenvalue weighted by Crippen LogP contribution is -2.51. The normalized spacial score (nSPS) is 16.7. The molecular weight excluding hydrogens is 458 g/mol. The lowest BCUT2D eigenvalue weighted by atomic mass is 9.97. The Kier molecular flexibility index (Phi) is 8.43. The number of H-pyrrole nitrogens is 1. The first kappa shape index (κ1) is 24.2. The first-order valence-corrected chi connectivity index (χ1v) is 13.9. The van der Waals surface area contributed by atoms with Crippen LogP contribution in [0.2, 0.25) is 0 Å². The summed E-state index contributed by atoms with van der Waals surface area (Å²) in [6.45, 7) is 5.94. The topological polar surface area (TPSA) is 98.4 Å². The largest absolute Gasteiger partial charge is 0.355 e. The van der Waals surface area contributed by atoms with Crippen LogP contribution in [0.1, 0.15) is 48.9 Å². The van der Waals surface area contributed by atoms with Gasteiger partial charge in [-0.05, 0) is 37.7 Å². The molecule has 0 unspecified atom stereocenters. The molecule has 2 aliphatic rings. The molecule has 2 amide bonds. The first-order chi connectivity index (χ1) is 16.0. The van der Waals surface area contributed by atoms with Crippen LogP contribution in [0, 0.1) is 0 Å². The number of thiophene rings is 1. The van der Waals surface area contributed by atoms with Crippen molar-refractivity contribution >= 4 is 45.1 Å². The molecule has 2 N–H and O–H groups in total. The van der Waals surface area contributed by atoms with Gasteiger partial charge in [-0.25, -0.2) is 4.98 Å². The van der Waals surface area contributed by atoms with E-state index in [4.69, 9.17) is 4.98 Å². The van der Waals surface area contributed by atoms with E-state index in [1.165, 1.54) is 16.9 Å². The average molecular weight is 492 g/mol. The number of aromatic nitrogens is 2. The number of piperazine rings is 1. The Labute approximate surface area is 202 Å². The molecule has 0 bridgehead atoms. The molecule has 0 radical (unpaired) electrons. The van der Waals surface area contributed by atoms with Gasteiger partial charge in [0.2, 0.25) is 11.8 Å². The van der Waals surface area contributed by atoms with Crippen molar-refractivity contribution in [2.75, 3.05) is 45.0 Å². The third-order valence-electron chi connectivity index (χ3n) is 6.24. The van der Waals surface area contributed by atoms with Crippen molar-refractivity contribution in [2.45, 2.75) is 51.2 Å². The molecule has 2 aromatic rings. The maximum absolute atomic E-state index is 12.6. The third-order valence-corrected chi connectivity index (χ3v) is 8.39. The van der Waals surface area contributed by atoms with Crippen molar-refractivity contribution in [2.24, 2.45) is 0 Å². The number of amides is 2. The van der Waals surface area contributed by atoms with Gasteiger partial charge in [-0.15, -0.1) is 11.3 Å². The van der Waals surface area contributed by atoms with E-state index >= 15 is 0 Å². The van der Waals surface area contributed by atoms with Gasteiger partial charge in [0.1, 0.15) is 10.7 Å². The molecule has 3 heterocycles. The monoisotopic (exact) mass is 491 g/mol. The van der Waals surface area contributed by atoms with Gasteiger partial charge in [0.15, 0.2) is 0 Å². The number of fused-ring (bicyclic) bond motifs is 3. The Morgan fingerprint density at radius 1 is 1.18 bits per heavy atom. The van der Waals surface area contributed by atoms with E-state index in [0.717, 1.165) is 49.0 Å². The molecule has 0 saturated carbocycles. The summed E-state index contributed by atoms with van der Waals surface area (Å²) in [6, 6.07) is 0. The lowest BCUT2D eigenvalue weighted by molar-refractivity contribution is -0.132. The molecule has 1 fully saturated rings. The lowest BCUT2D eigenvalue weighted by Gasteiger charge is -2.34. The van der Waals surface area contributed by atoms with Crippen LogP contribution in [0.4, 0.5) is 0 Å². The average Bonchev–Trinajstić information content (AvgIpc) is 3.20. The number of rotatable bonds is 9. The van der Waals surface area contributed by atoms with Crippen molar-refractivity contribution in [3.63, 3.8) is 0 Å². The molecule has 180 valence electrons. The zero-order valence-electron chi connectivity index (χ0n) is 19.3. The summed E-state index contributed by atoms with van der Waals surface area (Å²) in [6.07, 6.45) is 5.79. The molecule has 0 atom stereocenters. The second-order valence-electron chi connectivity index (χ2n) is 8.71. The standard InChI is InChI=1S/C23H33N5O3S2/c1-2-8-24-19(29)14-27-9-11-28(12-10-27)20(30)7-13-32-15-18-25-22(31)21-16-5-3-4-6-17(16)33-23(21)26-18/h2-15H2,1H3,(H,24,29)(H,25,26,31). The van der Waals surface area contributed by atoms with Crippen LogP contribution in [0.5, 0.6) is 0 Å². The Balaban J connectivity index is 1.20. The quantitative estimate of drug-likeness (QED) is 0.522. The van der Waals surface area contributed by atoms with Crippen LogP contribution < -0.4 is 10.9 Å². The number of aryl methyl sites for hydroxylation is 2. The van der Waals surface area contributed by atoms with Crippen molar-refractivity contribution in [3.8, 4) is 0 Å². The first-order valence-electron chi connectivity index (χ1n) is 11.9. The van der Waals surface area contributed by atoms with Gasteiger partial charge in [0, 0.05) is 49.8 Å². The minimum Gasteiger partial charge on any atom is -0.355 e. The summed E-state index contributed by atoms with van der Waals surface area (Å²) in [5, 5.41) is 3.69. The number of nitrogens with zero attached hydrogens (tertiary/aromatic N) is 3. The van der Waals surface area contributed by atoms with Crippen LogP contribution in [0.3, 0.4) is 0 Å². The van der Waals surface area contributed by atoms with Gasteiger partial charge in [-0.2, -0.15) is 11.8 Å². The van der Waals surface area contributed by atoms with E-state index in [9.17, 15) is 14.4 Å². The molecule has 2 aromatic heterocycles. The number of carbonyl (C=O) groups excluding carboxylic acids is 2. The van der Waals surface area contributed by atoms with Gasteiger partial charge >= 0.3 is 0 Å². The smallest absolute Gasteiger partial charge is 0.259 e. The van der Waals surface area contributed by atoms with E-state index < -0.39 is 0 Å². The van der Waals surface area contributed by atoms with Crippen molar-refractivity contribution in [1.29, 1.82) is 0 Å². The molecule has 4 rings (SSSR count). The fourth-order valence-electron chi connectivity index (χ4n) is 4.44. The SMILES string of the molecule is CCCNC(=O)CN1CCN(C(=O)CCSCc2nc3sc4c(c3c(=O)[nH]2)CCCC4)CC1. The number of carbonyl (C=O) groups is 2. The Morgan fingerprint density at radius 2 is 1.97 bits per heavy atom. The fourth-order valence-corrected chi connectivity index (χ4v) is 6.52. The van der Waals surface area contributed by atoms with Crippen LogP contribution in [0.25, 0.3) is 10.2 Å². The molecule has 33 heavy (non-hydrogen) atoms. The third kappa shape index (κ3) is 6.16. The molecule has 0 spiro atoms. The summed E-state index contributed by atoms with van der Waals surface area (Å²) in [5.74, 6) is 2.20. The Hall–Kier alpha value is -1.91. The zero-order valence-corrected chi connectivity index (χ0v) is 20.9. The number of aromatic amines is 1. The van der Waals surface area contributed by atoms with Crippen LogP contribution in [-0.4, -0.2) is 76.6 Å². The van der Waals surface area contributed by atoms with Crippen molar-refractivity contribution in [1.82, 2.24) is 25.1 Å². The maximum atomic E-state index is 12.6. The predicted molar refractivity (Wildman–Crippen MR) is 134 cm³/mol. The molecule has 10 heteroatoms.